The van der Waals surface area contributed by atoms with Gasteiger partial charge in [0, 0.05) is 0 Å². The maximum absolute atomic E-state index is 2.33. The van der Waals surface area contributed by atoms with Crippen molar-refractivity contribution in [1.82, 2.24) is 0 Å². The monoisotopic (exact) mass is 1320 g/mol. The van der Waals surface area contributed by atoms with Gasteiger partial charge >= 0.3 is 0 Å². The van der Waals surface area contributed by atoms with E-state index in [0.717, 1.165) is 0 Å². The number of hydrogen-bond donors (Lipinski definition) is 0. The van der Waals surface area contributed by atoms with E-state index >= 15 is 0 Å². The second-order valence-corrected chi connectivity index (χ2v) is 27.6. The van der Waals surface area contributed by atoms with Crippen molar-refractivity contribution in [1.29, 1.82) is 0 Å². The minimum Gasteiger partial charge on any atom is -0.0616 e. The van der Waals surface area contributed by atoms with E-state index < -0.39 is 0 Å². The van der Waals surface area contributed by atoms with Crippen molar-refractivity contribution < 1.29 is 0 Å². The molecular weight excluding hydrogens is 1230 g/mol. The fourth-order valence-corrected chi connectivity index (χ4v) is 13.6. The molecule has 0 atom stereocenters. The number of fused-ring (bicyclic) bond motifs is 7. The molecule has 17 aromatic rings. The Morgan fingerprint density at radius 2 is 0.294 bits per heavy atom. The number of aryl methyl sites for hydroxylation is 14. The lowest BCUT2D eigenvalue weighted by molar-refractivity contribution is 1.40. The summed E-state index contributed by atoms with van der Waals surface area (Å²) in [4.78, 5) is 0. The summed E-state index contributed by atoms with van der Waals surface area (Å²) in [6.45, 7) is 30.2. The smallest absolute Gasteiger partial charge is 0.0139 e. The van der Waals surface area contributed by atoms with Crippen LogP contribution in [-0.2, 0) is 0 Å². The lowest BCUT2D eigenvalue weighted by Crippen LogP contribution is -1.88. The summed E-state index contributed by atoms with van der Waals surface area (Å²) in [5, 5.41) is 19.1. The Morgan fingerprint density at radius 3 is 0.529 bits per heavy atom. The van der Waals surface area contributed by atoms with Crippen molar-refractivity contribution in [2.45, 2.75) is 96.9 Å². The van der Waals surface area contributed by atoms with Gasteiger partial charge in [0.2, 0.25) is 0 Å². The highest BCUT2D eigenvalue weighted by Gasteiger charge is 2.11. The van der Waals surface area contributed by atoms with E-state index in [1.165, 1.54) is 187 Å². The zero-order chi connectivity index (χ0) is 71.8. The van der Waals surface area contributed by atoms with Gasteiger partial charge in [0.05, 0.1) is 0 Å². The van der Waals surface area contributed by atoms with Crippen LogP contribution < -0.4 is 0 Å². The number of rotatable bonds is 3. The molecule has 0 radical (unpaired) electrons. The second-order valence-electron chi connectivity index (χ2n) is 27.6. The average molecular weight is 1320 g/mol. The van der Waals surface area contributed by atoms with Crippen LogP contribution >= 0.6 is 0 Å². The lowest BCUT2D eigenvalue weighted by atomic mass is 9.91. The van der Waals surface area contributed by atoms with Crippen molar-refractivity contribution in [2.75, 3.05) is 0 Å². The Labute approximate surface area is 607 Å². The Kier molecular flexibility index (Phi) is 23.7. The first-order valence-electron chi connectivity index (χ1n) is 35.9. The van der Waals surface area contributed by atoms with Crippen LogP contribution in [0.3, 0.4) is 0 Å². The summed E-state index contributed by atoms with van der Waals surface area (Å²) in [6, 6.07) is 117. The molecule has 504 valence electrons. The van der Waals surface area contributed by atoms with E-state index in [1.54, 1.807) is 0 Å². The van der Waals surface area contributed by atoms with E-state index in [4.69, 9.17) is 0 Å². The zero-order valence-electron chi connectivity index (χ0n) is 62.2. The summed E-state index contributed by atoms with van der Waals surface area (Å²) in [5.74, 6) is 0. The van der Waals surface area contributed by atoms with Crippen molar-refractivity contribution in [3.05, 3.63) is 405 Å². The van der Waals surface area contributed by atoms with Crippen molar-refractivity contribution in [2.24, 2.45) is 0 Å². The molecule has 0 spiro atoms. The molecule has 0 fully saturated rings. The molecule has 0 aliphatic rings. The quantitative estimate of drug-likeness (QED) is 0.155. The highest BCUT2D eigenvalue weighted by atomic mass is 14.2. The van der Waals surface area contributed by atoms with Crippen LogP contribution in [0.2, 0.25) is 0 Å². The fourth-order valence-electron chi connectivity index (χ4n) is 13.6. The Hall–Kier alpha value is -11.4. The van der Waals surface area contributed by atoms with E-state index in [-0.39, 0.29) is 0 Å². The molecule has 0 heteroatoms. The first kappa shape index (κ1) is 71.8. The molecular formula is C102H96. The van der Waals surface area contributed by atoms with Crippen LogP contribution in [0.15, 0.2) is 328 Å². The van der Waals surface area contributed by atoms with Crippen LogP contribution in [0, 0.1) is 96.9 Å². The predicted octanol–water partition coefficient (Wildman–Crippen LogP) is 29.2. The van der Waals surface area contributed by atoms with E-state index in [1.807, 2.05) is 0 Å². The molecule has 0 aliphatic carbocycles. The number of hydrogen-bond acceptors (Lipinski definition) is 0. The highest BCUT2D eigenvalue weighted by Crippen LogP contribution is 2.36. The molecule has 0 amide bonds. The van der Waals surface area contributed by atoms with Crippen molar-refractivity contribution in [3.8, 4) is 33.4 Å². The molecule has 0 nitrogen and oxygen atoms in total. The summed E-state index contributed by atoms with van der Waals surface area (Å²) < 4.78 is 0. The Morgan fingerprint density at radius 1 is 0.127 bits per heavy atom. The third-order valence-electron chi connectivity index (χ3n) is 19.9. The molecule has 0 aliphatic heterocycles. The molecule has 17 aromatic carbocycles. The van der Waals surface area contributed by atoms with Gasteiger partial charge in [0.15, 0.2) is 0 Å². The van der Waals surface area contributed by atoms with Crippen LogP contribution in [0.5, 0.6) is 0 Å². The molecule has 0 N–H and O–H groups in total. The van der Waals surface area contributed by atoms with E-state index in [0.29, 0.717) is 0 Å². The molecule has 0 saturated carbocycles. The largest absolute Gasteiger partial charge is 0.0616 e. The molecule has 0 saturated heterocycles. The van der Waals surface area contributed by atoms with Crippen LogP contribution in [0.25, 0.3) is 109 Å². The van der Waals surface area contributed by atoms with Gasteiger partial charge in [-0.1, -0.05) is 349 Å². The van der Waals surface area contributed by atoms with Gasteiger partial charge < -0.3 is 0 Å². The second kappa shape index (κ2) is 33.6. The average Bonchev–Trinajstić information content (AvgIpc) is 0.754. The van der Waals surface area contributed by atoms with E-state index in [2.05, 4.69) is 425 Å². The molecule has 0 unspecified atom stereocenters. The first-order chi connectivity index (χ1) is 49.4. The van der Waals surface area contributed by atoms with Crippen LogP contribution in [0.1, 0.15) is 77.9 Å². The van der Waals surface area contributed by atoms with Gasteiger partial charge in [-0.15, -0.1) is 0 Å². The van der Waals surface area contributed by atoms with Gasteiger partial charge in [-0.25, -0.2) is 0 Å². The summed E-state index contributed by atoms with van der Waals surface area (Å²) in [7, 11) is 0. The Bertz CT molecular complexity index is 5210. The predicted molar refractivity (Wildman–Crippen MR) is 450 cm³/mol. The maximum Gasteiger partial charge on any atom is -0.0139 e. The minimum atomic E-state index is 1.26. The van der Waals surface area contributed by atoms with Crippen molar-refractivity contribution in [3.63, 3.8) is 0 Å². The molecule has 0 aromatic heterocycles. The SMILES string of the molecule is Cc1c2ccccc2c(C)c2cc3ccccc3cc12.Cc1c2ccccc2c(C)c2ccccc12.Cc1ccc(-c2ccc(-c3ccc(C)cc3)cc2)cc1.Cc1ccc(-c2ccc(C)cc2)cc1.Cc1ccc(C)c2ccccc12.Cc1ccc(C)cc1.Cc1cccc2c(C)cccc12. The third kappa shape index (κ3) is 17.6. The van der Waals surface area contributed by atoms with Gasteiger partial charge in [0.25, 0.3) is 0 Å². The molecule has 17 rings (SSSR count). The fraction of sp³-hybridized carbons (Fsp3) is 0.137. The summed E-state index contributed by atoms with van der Waals surface area (Å²) >= 11 is 0. The molecule has 0 heterocycles. The van der Waals surface area contributed by atoms with Crippen LogP contribution in [-0.4, -0.2) is 0 Å². The van der Waals surface area contributed by atoms with E-state index in [9.17, 15) is 0 Å². The zero-order valence-corrected chi connectivity index (χ0v) is 62.2. The third-order valence-corrected chi connectivity index (χ3v) is 19.9. The van der Waals surface area contributed by atoms with Gasteiger partial charge in [0.1, 0.15) is 0 Å². The van der Waals surface area contributed by atoms with Crippen molar-refractivity contribution >= 4 is 75.4 Å². The van der Waals surface area contributed by atoms with Gasteiger partial charge in [-0.2, -0.15) is 0 Å². The highest BCUT2D eigenvalue weighted by molar-refractivity contribution is 6.10. The molecule has 102 heavy (non-hydrogen) atoms. The topological polar surface area (TPSA) is 0 Å². The standard InChI is InChI=1S/C20H16.C20H18.C16H14.C14H14.2C12H12.C8H10/c1-13-17-9-5-6-10-18(17)14(2)20-12-16-8-4-3-7-15(16)11-19(13)20;1-15-3-7-17(8-4-15)19-11-13-20(14-12-19)18-9-5-16(2)6-10-18;1-11-13-7-3-5-9-15(13)12(2)16-10-6-4-8-14(11)16;1-11-3-7-13(8-4-11)14-9-5-12(2)6-10-14;1-9-5-3-8-12-10(2)6-4-7-11(9)12;1-9-7-8-10(2)12-6-4-3-5-11(9)12;1-7-3-5-8(2)6-4-7/h3-12H,1-2H3;3-14H,1-2H3;3-10H,1-2H3;3-10H,1-2H3;2*3-8H,1-2H3;3-6H,1-2H3. The van der Waals surface area contributed by atoms with Gasteiger partial charge in [-0.05, 0) is 262 Å². The minimum absolute atomic E-state index is 1.26. The first-order valence-corrected chi connectivity index (χ1v) is 35.9. The van der Waals surface area contributed by atoms with Gasteiger partial charge in [-0.3, -0.25) is 0 Å². The van der Waals surface area contributed by atoms with Crippen LogP contribution in [0.4, 0.5) is 0 Å². The molecule has 0 bridgehead atoms. The summed E-state index contributed by atoms with van der Waals surface area (Å²) in [6.07, 6.45) is 0. The Balaban J connectivity index is 0.000000122. The number of benzene rings is 17. The lowest BCUT2D eigenvalue weighted by Gasteiger charge is -2.13. The normalized spacial score (nSPS) is 10.6. The maximum atomic E-state index is 2.33. The summed E-state index contributed by atoms with van der Waals surface area (Å²) in [5.41, 5.74) is 26.5.